The van der Waals surface area contributed by atoms with Crippen LogP contribution in [0.3, 0.4) is 0 Å². The molecular weight excluding hydrogens is 352 g/mol. The molecule has 1 atom stereocenters. The van der Waals surface area contributed by atoms with Gasteiger partial charge < -0.3 is 14.9 Å². The van der Waals surface area contributed by atoms with Gasteiger partial charge in [-0.1, -0.05) is 53.6 Å². The summed E-state index contributed by atoms with van der Waals surface area (Å²) >= 11 is 5.83. The van der Waals surface area contributed by atoms with Crippen molar-refractivity contribution in [3.05, 3.63) is 70.2 Å². The number of carbonyl (C=O) groups is 2. The van der Waals surface area contributed by atoms with E-state index in [1.807, 2.05) is 25.1 Å². The zero-order valence-electron chi connectivity index (χ0n) is 14.6. The van der Waals surface area contributed by atoms with Crippen molar-refractivity contribution in [3.8, 4) is 0 Å². The smallest absolute Gasteiger partial charge is 0.256 e. The van der Waals surface area contributed by atoms with Gasteiger partial charge in [0.1, 0.15) is 0 Å². The molecule has 2 aromatic rings. The Labute approximate surface area is 157 Å². The van der Waals surface area contributed by atoms with Gasteiger partial charge in [-0.05, 0) is 30.2 Å². The summed E-state index contributed by atoms with van der Waals surface area (Å²) in [4.78, 5) is 28.1. The first-order valence-electron chi connectivity index (χ1n) is 8.49. The SMILES string of the molecule is Cc1cccc(CN2CCN(C(=O)[C@@H](O)c3ccc(Cl)cc3)CC2=O)c1. The van der Waals surface area contributed by atoms with E-state index in [-0.39, 0.29) is 12.5 Å². The van der Waals surface area contributed by atoms with Gasteiger partial charge in [0, 0.05) is 24.7 Å². The highest BCUT2D eigenvalue weighted by atomic mass is 35.5. The number of nitrogens with zero attached hydrogens (tertiary/aromatic N) is 2. The van der Waals surface area contributed by atoms with Crippen LogP contribution in [0.1, 0.15) is 22.8 Å². The molecule has 1 saturated heterocycles. The molecule has 26 heavy (non-hydrogen) atoms. The number of aliphatic hydroxyl groups is 1. The number of hydrogen-bond acceptors (Lipinski definition) is 3. The van der Waals surface area contributed by atoms with Crippen molar-refractivity contribution in [2.24, 2.45) is 0 Å². The molecule has 6 heteroatoms. The first-order chi connectivity index (χ1) is 12.4. The largest absolute Gasteiger partial charge is 0.378 e. The molecule has 0 radical (unpaired) electrons. The van der Waals surface area contributed by atoms with Gasteiger partial charge in [0.15, 0.2) is 6.10 Å². The number of rotatable bonds is 4. The van der Waals surface area contributed by atoms with E-state index in [1.54, 1.807) is 29.2 Å². The molecule has 0 aromatic heterocycles. The van der Waals surface area contributed by atoms with E-state index in [0.29, 0.717) is 30.2 Å². The third kappa shape index (κ3) is 4.23. The van der Waals surface area contributed by atoms with Crippen LogP contribution in [-0.2, 0) is 16.1 Å². The molecule has 2 amide bonds. The molecule has 1 heterocycles. The Morgan fingerprint density at radius 2 is 1.92 bits per heavy atom. The number of carbonyl (C=O) groups excluding carboxylic acids is 2. The molecule has 5 nitrogen and oxygen atoms in total. The topological polar surface area (TPSA) is 60.9 Å². The van der Waals surface area contributed by atoms with Crippen molar-refractivity contribution in [1.82, 2.24) is 9.80 Å². The van der Waals surface area contributed by atoms with Crippen molar-refractivity contribution < 1.29 is 14.7 Å². The lowest BCUT2D eigenvalue weighted by Crippen LogP contribution is -2.52. The fourth-order valence-corrected chi connectivity index (χ4v) is 3.18. The molecule has 0 aliphatic carbocycles. The van der Waals surface area contributed by atoms with E-state index >= 15 is 0 Å². The average Bonchev–Trinajstić information content (AvgIpc) is 2.63. The van der Waals surface area contributed by atoms with Crippen molar-refractivity contribution in [2.75, 3.05) is 19.6 Å². The highest BCUT2D eigenvalue weighted by molar-refractivity contribution is 6.30. The molecule has 2 aromatic carbocycles. The van der Waals surface area contributed by atoms with Crippen LogP contribution in [0.25, 0.3) is 0 Å². The number of aryl methyl sites for hydroxylation is 1. The monoisotopic (exact) mass is 372 g/mol. The van der Waals surface area contributed by atoms with E-state index in [9.17, 15) is 14.7 Å². The van der Waals surface area contributed by atoms with E-state index in [0.717, 1.165) is 11.1 Å². The Morgan fingerprint density at radius 1 is 1.19 bits per heavy atom. The quantitative estimate of drug-likeness (QED) is 0.897. The number of amides is 2. The van der Waals surface area contributed by atoms with Crippen LogP contribution < -0.4 is 0 Å². The molecular formula is C20H21ClN2O3. The Morgan fingerprint density at radius 3 is 2.58 bits per heavy atom. The molecule has 0 bridgehead atoms. The van der Waals surface area contributed by atoms with Crippen LogP contribution in [-0.4, -0.2) is 46.4 Å². The predicted molar refractivity (Wildman–Crippen MR) is 99.6 cm³/mol. The maximum Gasteiger partial charge on any atom is 0.256 e. The Kier molecular flexibility index (Phi) is 5.59. The average molecular weight is 373 g/mol. The van der Waals surface area contributed by atoms with Crippen LogP contribution in [0.15, 0.2) is 48.5 Å². The van der Waals surface area contributed by atoms with Crippen molar-refractivity contribution >= 4 is 23.4 Å². The van der Waals surface area contributed by atoms with Gasteiger partial charge in [-0.3, -0.25) is 9.59 Å². The van der Waals surface area contributed by atoms with Crippen LogP contribution in [0.5, 0.6) is 0 Å². The van der Waals surface area contributed by atoms with Gasteiger partial charge in [0.05, 0.1) is 6.54 Å². The Balaban J connectivity index is 1.61. The second kappa shape index (κ2) is 7.89. The summed E-state index contributed by atoms with van der Waals surface area (Å²) in [6, 6.07) is 14.5. The minimum atomic E-state index is -1.29. The number of hydrogen-bond donors (Lipinski definition) is 1. The van der Waals surface area contributed by atoms with Crippen LogP contribution in [0.2, 0.25) is 5.02 Å². The van der Waals surface area contributed by atoms with Crippen molar-refractivity contribution in [1.29, 1.82) is 0 Å². The van der Waals surface area contributed by atoms with E-state index in [4.69, 9.17) is 11.6 Å². The minimum absolute atomic E-state index is 0.0186. The first kappa shape index (κ1) is 18.4. The normalized spacial score (nSPS) is 15.9. The molecule has 0 saturated carbocycles. The van der Waals surface area contributed by atoms with Crippen molar-refractivity contribution in [2.45, 2.75) is 19.6 Å². The lowest BCUT2D eigenvalue weighted by Gasteiger charge is -2.35. The van der Waals surface area contributed by atoms with Gasteiger partial charge in [-0.15, -0.1) is 0 Å². The second-order valence-electron chi connectivity index (χ2n) is 6.52. The summed E-state index contributed by atoms with van der Waals surface area (Å²) in [6.07, 6.45) is -1.29. The highest BCUT2D eigenvalue weighted by Gasteiger charge is 2.31. The lowest BCUT2D eigenvalue weighted by molar-refractivity contribution is -0.150. The lowest BCUT2D eigenvalue weighted by atomic mass is 10.1. The maximum atomic E-state index is 12.5. The zero-order chi connectivity index (χ0) is 18.7. The van der Waals surface area contributed by atoms with E-state index < -0.39 is 12.0 Å². The Hall–Kier alpha value is -2.37. The molecule has 1 N–H and O–H groups in total. The highest BCUT2D eigenvalue weighted by Crippen LogP contribution is 2.20. The summed E-state index contributed by atoms with van der Waals surface area (Å²) in [5.74, 6) is -0.578. The standard InChI is InChI=1S/C20H21ClN2O3/c1-14-3-2-4-15(11-14)12-22-9-10-23(13-18(22)24)20(26)19(25)16-5-7-17(21)8-6-16/h2-8,11,19,25H,9-10,12-13H2,1H3/t19-/m0/s1. The molecule has 136 valence electrons. The van der Waals surface area contributed by atoms with E-state index in [2.05, 4.69) is 6.07 Å². The van der Waals surface area contributed by atoms with Gasteiger partial charge in [0.25, 0.3) is 5.91 Å². The second-order valence-corrected chi connectivity index (χ2v) is 6.95. The molecule has 0 spiro atoms. The number of aliphatic hydroxyl groups excluding tert-OH is 1. The first-order valence-corrected chi connectivity index (χ1v) is 8.87. The van der Waals surface area contributed by atoms with Crippen LogP contribution in [0.4, 0.5) is 0 Å². The van der Waals surface area contributed by atoms with Crippen LogP contribution in [0, 0.1) is 6.92 Å². The number of piperazine rings is 1. The molecule has 1 aliphatic rings. The summed E-state index contributed by atoms with van der Waals surface area (Å²) < 4.78 is 0. The molecule has 0 unspecified atom stereocenters. The number of halogens is 1. The summed E-state index contributed by atoms with van der Waals surface area (Å²) in [5, 5.41) is 10.8. The van der Waals surface area contributed by atoms with E-state index in [1.165, 1.54) is 4.90 Å². The summed E-state index contributed by atoms with van der Waals surface area (Å²) in [5.41, 5.74) is 2.68. The summed E-state index contributed by atoms with van der Waals surface area (Å²) in [7, 11) is 0. The predicted octanol–water partition coefficient (Wildman–Crippen LogP) is 2.55. The molecule has 3 rings (SSSR count). The zero-order valence-corrected chi connectivity index (χ0v) is 15.3. The van der Waals surface area contributed by atoms with Gasteiger partial charge in [0.2, 0.25) is 5.91 Å². The third-order valence-electron chi connectivity index (χ3n) is 4.51. The minimum Gasteiger partial charge on any atom is -0.378 e. The maximum absolute atomic E-state index is 12.5. The van der Waals surface area contributed by atoms with Gasteiger partial charge >= 0.3 is 0 Å². The summed E-state index contributed by atoms with van der Waals surface area (Å²) in [6.45, 7) is 3.38. The molecule has 1 fully saturated rings. The fraction of sp³-hybridized carbons (Fsp3) is 0.300. The fourth-order valence-electron chi connectivity index (χ4n) is 3.06. The Bertz CT molecular complexity index is 807. The van der Waals surface area contributed by atoms with Gasteiger partial charge in [-0.25, -0.2) is 0 Å². The van der Waals surface area contributed by atoms with Gasteiger partial charge in [-0.2, -0.15) is 0 Å². The van der Waals surface area contributed by atoms with Crippen molar-refractivity contribution in [3.63, 3.8) is 0 Å². The third-order valence-corrected chi connectivity index (χ3v) is 4.76. The number of benzene rings is 2. The molecule has 1 aliphatic heterocycles. The van der Waals surface area contributed by atoms with Crippen LogP contribution >= 0.6 is 11.6 Å².